The van der Waals surface area contributed by atoms with E-state index < -0.39 is 0 Å². The minimum Gasteiger partial charge on any atom is -0.472 e. The fourth-order valence-electron chi connectivity index (χ4n) is 1.45. The van der Waals surface area contributed by atoms with Gasteiger partial charge in [0, 0.05) is 24.8 Å². The topological polar surface area (TPSA) is 53.3 Å². The summed E-state index contributed by atoms with van der Waals surface area (Å²) in [6.45, 7) is 1.15. The van der Waals surface area contributed by atoms with Crippen LogP contribution in [0.3, 0.4) is 0 Å². The summed E-state index contributed by atoms with van der Waals surface area (Å²) in [5.74, 6) is 0. The molecule has 4 nitrogen and oxygen atoms in total. The molecule has 0 saturated carbocycles. The molecule has 2 aromatic heterocycles. The summed E-state index contributed by atoms with van der Waals surface area (Å²) in [6, 6.07) is 1.89. The third-order valence-corrected chi connectivity index (χ3v) is 2.27. The van der Waals surface area contributed by atoms with E-state index in [-0.39, 0.29) is 6.54 Å². The van der Waals surface area contributed by atoms with Crippen LogP contribution in [0.5, 0.6) is 0 Å². The molecule has 0 aromatic carbocycles. The van der Waals surface area contributed by atoms with Crippen LogP contribution in [-0.4, -0.2) is 16.1 Å². The second-order valence-electron chi connectivity index (χ2n) is 3.44. The van der Waals surface area contributed by atoms with Gasteiger partial charge < -0.3 is 8.98 Å². The van der Waals surface area contributed by atoms with Crippen molar-refractivity contribution in [1.82, 2.24) is 15.3 Å². The van der Waals surface area contributed by atoms with E-state index in [9.17, 15) is 0 Å². The van der Waals surface area contributed by atoms with Crippen molar-refractivity contribution in [2.45, 2.75) is 19.4 Å². The lowest BCUT2D eigenvalue weighted by Crippen LogP contribution is -1.96. The summed E-state index contributed by atoms with van der Waals surface area (Å²) in [6.07, 6.45) is 8.92. The van der Waals surface area contributed by atoms with Crippen molar-refractivity contribution in [3.05, 3.63) is 31.1 Å². The summed E-state index contributed by atoms with van der Waals surface area (Å²) in [5.41, 5.74) is 10.6. The Balaban J connectivity index is 1.98. The van der Waals surface area contributed by atoms with E-state index in [0.717, 1.165) is 30.6 Å². The van der Waals surface area contributed by atoms with Gasteiger partial charge in [0.2, 0.25) is 0 Å². The third-order valence-electron chi connectivity index (χ3n) is 2.27. The van der Waals surface area contributed by atoms with Gasteiger partial charge in [-0.1, -0.05) is 0 Å². The van der Waals surface area contributed by atoms with Crippen LogP contribution < -0.4 is 5.73 Å². The molecule has 15 heavy (non-hydrogen) atoms. The zero-order valence-electron chi connectivity index (χ0n) is 8.47. The molecule has 0 fully saturated rings. The Morgan fingerprint density at radius 2 is 2.33 bits per heavy atom. The normalized spacial score (nSPS) is 10.7. The fourth-order valence-corrected chi connectivity index (χ4v) is 1.45. The van der Waals surface area contributed by atoms with Crippen LogP contribution in [0.1, 0.15) is 12.8 Å². The minimum absolute atomic E-state index is 0.253. The standard InChI is InChI=1S/C11H13N3O/c12-4-1-2-5-14-7-11(13-9-14)10-3-6-15-8-10/h3,6-9H,1-2,4-5H2. The Morgan fingerprint density at radius 1 is 1.40 bits per heavy atom. The van der Waals surface area contributed by atoms with E-state index in [1.165, 1.54) is 0 Å². The smallest absolute Gasteiger partial charge is 0.0997 e. The second-order valence-corrected chi connectivity index (χ2v) is 3.44. The molecule has 0 aliphatic carbocycles. The molecule has 0 spiro atoms. The lowest BCUT2D eigenvalue weighted by atomic mass is 10.3. The average molecular weight is 203 g/mol. The van der Waals surface area contributed by atoms with Gasteiger partial charge in [-0.2, -0.15) is 0 Å². The van der Waals surface area contributed by atoms with Crippen molar-refractivity contribution in [2.24, 2.45) is 0 Å². The number of aryl methyl sites for hydroxylation is 1. The van der Waals surface area contributed by atoms with Crippen LogP contribution in [-0.2, 0) is 6.54 Å². The molecule has 0 bridgehead atoms. The number of aromatic nitrogens is 2. The van der Waals surface area contributed by atoms with Crippen LogP contribution in [0.25, 0.3) is 11.3 Å². The first kappa shape index (κ1) is 9.98. The van der Waals surface area contributed by atoms with Crippen LogP contribution in [0.4, 0.5) is 0 Å². The predicted molar refractivity (Wildman–Crippen MR) is 56.2 cm³/mol. The fraction of sp³-hybridized carbons (Fsp3) is 0.364. The van der Waals surface area contributed by atoms with Crippen molar-refractivity contribution >= 4 is 0 Å². The highest BCUT2D eigenvalue weighted by molar-refractivity contribution is 5.55. The molecule has 0 amide bonds. The van der Waals surface area contributed by atoms with Gasteiger partial charge in [0.25, 0.3) is 0 Å². The zero-order chi connectivity index (χ0) is 10.5. The Hall–Kier alpha value is -1.55. The van der Waals surface area contributed by atoms with Crippen molar-refractivity contribution in [3.8, 4) is 11.3 Å². The van der Waals surface area contributed by atoms with Gasteiger partial charge in [0.05, 0.1) is 24.5 Å². The van der Waals surface area contributed by atoms with Crippen molar-refractivity contribution in [2.75, 3.05) is 6.54 Å². The van der Waals surface area contributed by atoms with Crippen molar-refractivity contribution in [3.63, 3.8) is 0 Å². The van der Waals surface area contributed by atoms with Crippen LogP contribution in [0.15, 0.2) is 35.5 Å². The van der Waals surface area contributed by atoms with E-state index in [4.69, 9.17) is 10.2 Å². The van der Waals surface area contributed by atoms with Crippen LogP contribution >= 0.6 is 0 Å². The number of rotatable bonds is 5. The van der Waals surface area contributed by atoms with E-state index in [1.807, 2.05) is 16.8 Å². The SMILES string of the molecule is [N]CCCCn1cnc(-c2ccoc2)c1. The van der Waals surface area contributed by atoms with Gasteiger partial charge in [0.1, 0.15) is 0 Å². The van der Waals surface area contributed by atoms with Crippen molar-refractivity contribution in [1.29, 1.82) is 0 Å². The maximum Gasteiger partial charge on any atom is 0.0997 e. The molecule has 0 aliphatic heterocycles. The zero-order valence-corrected chi connectivity index (χ0v) is 8.47. The summed E-state index contributed by atoms with van der Waals surface area (Å²) < 4.78 is 7.02. The highest BCUT2D eigenvalue weighted by Crippen LogP contribution is 2.16. The minimum atomic E-state index is 0.253. The summed E-state index contributed by atoms with van der Waals surface area (Å²) in [4.78, 5) is 4.28. The third kappa shape index (κ3) is 2.47. The number of hydrogen-bond donors (Lipinski definition) is 0. The van der Waals surface area contributed by atoms with E-state index in [1.54, 1.807) is 18.9 Å². The van der Waals surface area contributed by atoms with E-state index >= 15 is 0 Å². The highest BCUT2D eigenvalue weighted by atomic mass is 16.3. The van der Waals surface area contributed by atoms with E-state index in [2.05, 4.69) is 4.98 Å². The molecular weight excluding hydrogens is 190 g/mol. The average Bonchev–Trinajstić information content (AvgIpc) is 2.87. The van der Waals surface area contributed by atoms with Gasteiger partial charge >= 0.3 is 0 Å². The number of unbranched alkanes of at least 4 members (excludes halogenated alkanes) is 1. The lowest BCUT2D eigenvalue weighted by Gasteiger charge is -1.98. The van der Waals surface area contributed by atoms with Gasteiger partial charge in [0.15, 0.2) is 0 Å². The van der Waals surface area contributed by atoms with Gasteiger partial charge in [-0.25, -0.2) is 4.98 Å². The molecule has 0 atom stereocenters. The first-order valence-electron chi connectivity index (χ1n) is 5.05. The molecular formula is C11H13N3O. The van der Waals surface area contributed by atoms with Gasteiger partial charge in [-0.05, 0) is 18.9 Å². The van der Waals surface area contributed by atoms with Gasteiger partial charge in [-0.15, -0.1) is 5.73 Å². The maximum atomic E-state index is 8.66. The first-order chi connectivity index (χ1) is 7.40. The molecule has 2 rings (SSSR count). The van der Waals surface area contributed by atoms with E-state index in [0.29, 0.717) is 0 Å². The Labute approximate surface area is 88.7 Å². The molecule has 2 radical (unpaired) electrons. The summed E-state index contributed by atoms with van der Waals surface area (Å²) in [5, 5.41) is 0. The van der Waals surface area contributed by atoms with Crippen LogP contribution in [0.2, 0.25) is 0 Å². The predicted octanol–water partition coefficient (Wildman–Crippen LogP) is 1.99. The molecule has 2 aromatic rings. The monoisotopic (exact) mass is 203 g/mol. The second kappa shape index (κ2) is 4.79. The summed E-state index contributed by atoms with van der Waals surface area (Å²) in [7, 11) is 0. The van der Waals surface area contributed by atoms with Crippen molar-refractivity contribution < 1.29 is 4.42 Å². The Kier molecular flexibility index (Phi) is 3.19. The van der Waals surface area contributed by atoms with Gasteiger partial charge in [-0.3, -0.25) is 0 Å². The molecule has 2 heterocycles. The molecule has 4 heteroatoms. The quantitative estimate of drug-likeness (QED) is 0.698. The lowest BCUT2D eigenvalue weighted by molar-refractivity contribution is 0.568. The largest absolute Gasteiger partial charge is 0.472 e. The first-order valence-corrected chi connectivity index (χ1v) is 5.05. The molecule has 0 unspecified atom stereocenters. The Morgan fingerprint density at radius 3 is 3.07 bits per heavy atom. The molecule has 78 valence electrons. The number of furan rings is 1. The highest BCUT2D eigenvalue weighted by Gasteiger charge is 2.02. The number of imidazole rings is 1. The maximum absolute atomic E-state index is 8.66. The van der Waals surface area contributed by atoms with Crippen LogP contribution in [0, 0.1) is 0 Å². The number of nitrogens with zero attached hydrogens (tertiary/aromatic N) is 3. The Bertz CT molecular complexity index is 392. The molecule has 0 N–H and O–H groups in total. The number of hydrogen-bond acceptors (Lipinski definition) is 2. The summed E-state index contributed by atoms with van der Waals surface area (Å²) >= 11 is 0. The molecule has 0 saturated heterocycles. The molecule has 0 aliphatic rings.